The maximum atomic E-state index is 13.3. The molecule has 1 aliphatic carbocycles. The van der Waals surface area contributed by atoms with Gasteiger partial charge in [0.1, 0.15) is 13.2 Å². The minimum Gasteiger partial charge on any atom is -0.502 e. The van der Waals surface area contributed by atoms with Crippen LogP contribution in [0.2, 0.25) is 0 Å². The van der Waals surface area contributed by atoms with Crippen LogP contribution in [0.1, 0.15) is 127 Å². The number of aromatic hydroxyl groups is 2. The maximum Gasteiger partial charge on any atom is 0.231 e. The van der Waals surface area contributed by atoms with Gasteiger partial charge in [0.25, 0.3) is 0 Å². The number of phenolic OH excluding ortho intramolecular Hbond substituents is 2. The van der Waals surface area contributed by atoms with Crippen LogP contribution in [0.25, 0.3) is 0 Å². The van der Waals surface area contributed by atoms with Gasteiger partial charge in [-0.15, -0.1) is 0 Å². The highest BCUT2D eigenvalue weighted by Crippen LogP contribution is 2.62. The average Bonchev–Trinajstić information content (AvgIpc) is 0.763. The van der Waals surface area contributed by atoms with Crippen LogP contribution in [0.15, 0.2) is 206 Å². The van der Waals surface area contributed by atoms with E-state index in [4.69, 9.17) is 47.4 Å². The van der Waals surface area contributed by atoms with Gasteiger partial charge < -0.3 is 57.6 Å². The lowest BCUT2D eigenvalue weighted by Crippen LogP contribution is -2.24. The Hall–Kier alpha value is -10.2. The number of aryl methyl sites for hydroxylation is 4. The van der Waals surface area contributed by atoms with Crippen LogP contribution in [0.5, 0.6) is 69.0 Å². The Morgan fingerprint density at radius 2 is 0.467 bits per heavy atom. The second-order valence-corrected chi connectivity index (χ2v) is 23.7. The molecule has 452 valence electrons. The largest absolute Gasteiger partial charge is 0.502 e. The normalized spacial score (nSPS) is 17.1. The Morgan fingerprint density at radius 1 is 0.267 bits per heavy atom. The van der Waals surface area contributed by atoms with E-state index >= 15 is 0 Å². The SMILES string of the molecule is Oc1c2c3cc4c1OCOc1c(cc5c(c1OCc1ccccc1)OCOc1c(cc6c(c1O)OCOc1c(cc(c(c1OCc1ccccc1)OCO2)[C@@H]3CCc1ccccc1)[C@H]6CCc1ccccc1)[C@H]5CCc1ccccc1)[C@H]4CCc1ccccc1. The molecule has 4 heterocycles. The van der Waals surface area contributed by atoms with Crippen molar-refractivity contribution < 1.29 is 57.6 Å². The summed E-state index contributed by atoms with van der Waals surface area (Å²) in [5.41, 5.74) is 12.7. The monoisotopic (exact) mass is 1200 g/mol. The summed E-state index contributed by atoms with van der Waals surface area (Å²) in [6, 6.07) is 70.8. The van der Waals surface area contributed by atoms with Crippen molar-refractivity contribution in [3.8, 4) is 69.0 Å². The van der Waals surface area contributed by atoms with Crippen LogP contribution in [-0.4, -0.2) is 37.4 Å². The van der Waals surface area contributed by atoms with Crippen LogP contribution >= 0.6 is 0 Å². The Kier molecular flexibility index (Phi) is 15.7. The van der Waals surface area contributed by atoms with Crippen molar-refractivity contribution in [3.05, 3.63) is 284 Å². The highest BCUT2D eigenvalue weighted by molar-refractivity contribution is 5.73. The molecule has 0 aromatic heterocycles. The third kappa shape index (κ3) is 11.0. The van der Waals surface area contributed by atoms with E-state index in [2.05, 4.69) is 121 Å². The molecule has 0 radical (unpaired) electrons. The van der Waals surface area contributed by atoms with E-state index in [0.29, 0.717) is 85.9 Å². The van der Waals surface area contributed by atoms with E-state index in [1.54, 1.807) is 0 Å². The molecule has 8 bridgehead atoms. The Morgan fingerprint density at radius 3 is 0.700 bits per heavy atom. The Bertz CT molecular complexity index is 3700. The minimum atomic E-state index is -0.514. The van der Waals surface area contributed by atoms with E-state index in [1.807, 2.05) is 84.9 Å². The van der Waals surface area contributed by atoms with Crippen molar-refractivity contribution in [2.75, 3.05) is 27.2 Å². The van der Waals surface area contributed by atoms with Gasteiger partial charge in [-0.1, -0.05) is 182 Å². The van der Waals surface area contributed by atoms with E-state index in [0.717, 1.165) is 77.9 Å². The van der Waals surface area contributed by atoms with E-state index in [1.165, 1.54) is 0 Å². The maximum absolute atomic E-state index is 13.3. The lowest BCUT2D eigenvalue weighted by molar-refractivity contribution is 0.0837. The summed E-state index contributed by atoms with van der Waals surface area (Å²) in [4.78, 5) is 0. The molecule has 10 aromatic carbocycles. The summed E-state index contributed by atoms with van der Waals surface area (Å²) in [6.45, 7) is -0.840. The van der Waals surface area contributed by atoms with Crippen molar-refractivity contribution in [1.29, 1.82) is 0 Å². The topological polar surface area (TPSA) is 133 Å². The van der Waals surface area contributed by atoms with Crippen molar-refractivity contribution in [2.24, 2.45) is 0 Å². The molecular formula is C78H68O12. The quantitative estimate of drug-likeness (QED) is 0.0847. The fourth-order valence-electron chi connectivity index (χ4n) is 14.0. The van der Waals surface area contributed by atoms with Crippen molar-refractivity contribution in [1.82, 2.24) is 0 Å². The summed E-state index contributed by atoms with van der Waals surface area (Å²) >= 11 is 0. The standard InChI is InChI=1S/C78H68O12/c79-67-69-59-39-60-56(36-32-50-21-9-2-10-22-50)65-42-66-58(38-34-52-25-13-4-14-26-52)62-40-61-57(37-33-51-23-11-3-12-24-51)64-41-63(55(59)35-31-49-19-7-1-8-20-49)73(87-45-83-69)77(81-43-53-27-15-5-16-28-53)74(64)88-47-85-71(61)68(80)72(62)86-48-90-76(66)78(75(65)89-46-84-70(60)67)82-44-54-29-17-6-18-30-54/h1-30,39-42,55-58,79-80H,31-38,43-48H2/t55-,56+,57+,58-. The highest BCUT2D eigenvalue weighted by Gasteiger charge is 2.43. The summed E-state index contributed by atoms with van der Waals surface area (Å²) in [6.07, 6.45) is 4.78. The van der Waals surface area contributed by atoms with E-state index in [9.17, 15) is 10.2 Å². The molecule has 0 amide bonds. The first-order chi connectivity index (χ1) is 44.5. The fraction of sp³-hybridized carbons (Fsp3) is 0.231. The zero-order chi connectivity index (χ0) is 60.3. The zero-order valence-electron chi connectivity index (χ0n) is 49.8. The van der Waals surface area contributed by atoms with Gasteiger partial charge in [-0.25, -0.2) is 0 Å². The molecule has 10 aromatic rings. The zero-order valence-corrected chi connectivity index (χ0v) is 49.8. The van der Waals surface area contributed by atoms with Crippen LogP contribution in [0, 0.1) is 0 Å². The van der Waals surface area contributed by atoms with Gasteiger partial charge >= 0.3 is 0 Å². The Balaban J connectivity index is 1.07. The second kappa shape index (κ2) is 25.1. The first kappa shape index (κ1) is 56.3. The van der Waals surface area contributed by atoms with Crippen molar-refractivity contribution in [2.45, 2.75) is 88.3 Å². The minimum absolute atomic E-state index is 0.155. The lowest BCUT2D eigenvalue weighted by atomic mass is 9.75. The summed E-state index contributed by atoms with van der Waals surface area (Å²) in [5, 5.41) is 26.6. The molecule has 90 heavy (non-hydrogen) atoms. The molecule has 0 saturated heterocycles. The highest BCUT2D eigenvalue weighted by atomic mass is 16.7. The number of hydrogen-bond acceptors (Lipinski definition) is 12. The Labute approximate surface area is 523 Å². The molecule has 5 aliphatic rings. The summed E-state index contributed by atoms with van der Waals surface area (Å²) in [5.74, 6) is 1.21. The number of ether oxygens (including phenoxy) is 10. The average molecular weight is 1200 g/mol. The smallest absolute Gasteiger partial charge is 0.231 e. The molecule has 2 N–H and O–H groups in total. The van der Waals surface area contributed by atoms with Gasteiger partial charge in [0.05, 0.1) is 0 Å². The number of phenols is 2. The van der Waals surface area contributed by atoms with Crippen molar-refractivity contribution in [3.63, 3.8) is 0 Å². The molecule has 0 fully saturated rings. The molecule has 15 rings (SSSR count). The van der Waals surface area contributed by atoms with Gasteiger partial charge in [-0.2, -0.15) is 0 Å². The van der Waals surface area contributed by atoms with Crippen LogP contribution < -0.4 is 47.4 Å². The second-order valence-electron chi connectivity index (χ2n) is 23.7. The molecule has 12 nitrogen and oxygen atoms in total. The summed E-state index contributed by atoms with van der Waals surface area (Å²) < 4.78 is 69.5. The first-order valence-electron chi connectivity index (χ1n) is 31.2. The number of rotatable bonds is 18. The predicted molar refractivity (Wildman–Crippen MR) is 342 cm³/mol. The van der Waals surface area contributed by atoms with Crippen LogP contribution in [0.3, 0.4) is 0 Å². The number of benzene rings is 10. The van der Waals surface area contributed by atoms with Gasteiger partial charge in [0, 0.05) is 68.2 Å². The molecular weight excluding hydrogens is 1130 g/mol. The third-order valence-electron chi connectivity index (χ3n) is 18.4. The first-order valence-corrected chi connectivity index (χ1v) is 31.2. The molecule has 4 atom stereocenters. The van der Waals surface area contributed by atoms with Gasteiger partial charge in [0.15, 0.2) is 46.0 Å². The van der Waals surface area contributed by atoms with E-state index in [-0.39, 0.29) is 74.9 Å². The van der Waals surface area contributed by atoms with Gasteiger partial charge in [-0.05, 0) is 109 Å². The van der Waals surface area contributed by atoms with Gasteiger partial charge in [-0.3, -0.25) is 0 Å². The van der Waals surface area contributed by atoms with Gasteiger partial charge in [0.2, 0.25) is 50.2 Å². The molecule has 0 saturated carbocycles. The van der Waals surface area contributed by atoms with E-state index < -0.39 is 23.7 Å². The summed E-state index contributed by atoms with van der Waals surface area (Å²) in [7, 11) is 0. The third-order valence-corrected chi connectivity index (χ3v) is 18.4. The predicted octanol–water partition coefficient (Wildman–Crippen LogP) is 16.5. The molecule has 0 unspecified atom stereocenters. The molecule has 4 aliphatic heterocycles. The molecule has 0 spiro atoms. The number of hydrogen-bond donors (Lipinski definition) is 2. The van der Waals surface area contributed by atoms with Crippen molar-refractivity contribution >= 4 is 0 Å². The lowest BCUT2D eigenvalue weighted by Gasteiger charge is -2.36. The molecule has 12 heteroatoms. The van der Waals surface area contributed by atoms with Crippen LogP contribution in [0.4, 0.5) is 0 Å². The van der Waals surface area contributed by atoms with Crippen LogP contribution in [-0.2, 0) is 38.9 Å². The fourth-order valence-corrected chi connectivity index (χ4v) is 14.0.